The van der Waals surface area contributed by atoms with Gasteiger partial charge in [-0.05, 0) is 47.5 Å². The molecule has 0 spiro atoms. The second-order valence-electron chi connectivity index (χ2n) is 6.14. The number of rotatable bonds is 6. The Labute approximate surface area is 167 Å². The third-order valence-electron chi connectivity index (χ3n) is 4.11. The van der Waals surface area contributed by atoms with E-state index in [1.165, 1.54) is 0 Å². The van der Waals surface area contributed by atoms with Crippen LogP contribution in [0, 0.1) is 0 Å². The maximum absolute atomic E-state index is 12.3. The largest absolute Gasteiger partial charge is 0.350 e. The minimum absolute atomic E-state index is 0.253. The van der Waals surface area contributed by atoms with Gasteiger partial charge in [-0.15, -0.1) is 0 Å². The van der Waals surface area contributed by atoms with Crippen LogP contribution < -0.4 is 16.4 Å². The zero-order valence-electron chi connectivity index (χ0n) is 14.9. The van der Waals surface area contributed by atoms with Crippen molar-refractivity contribution < 1.29 is 9.59 Å². The van der Waals surface area contributed by atoms with Crippen molar-refractivity contribution in [3.8, 4) is 0 Å². The molecule has 1 unspecified atom stereocenters. The topological polar surface area (TPSA) is 97.1 Å². The Hall–Kier alpha value is -3.22. The molecule has 0 radical (unpaired) electrons. The molecule has 0 aliphatic carbocycles. The predicted molar refractivity (Wildman–Crippen MR) is 109 cm³/mol. The molecular weight excluding hydrogens is 376 g/mol. The van der Waals surface area contributed by atoms with Crippen molar-refractivity contribution in [1.82, 2.24) is 10.3 Å². The first-order chi connectivity index (χ1) is 13.5. The highest BCUT2D eigenvalue weighted by Crippen LogP contribution is 2.15. The van der Waals surface area contributed by atoms with Crippen LogP contribution in [0.3, 0.4) is 0 Å². The summed E-state index contributed by atoms with van der Waals surface area (Å²) in [5.41, 5.74) is 8.66. The Kier molecular flexibility index (Phi) is 6.37. The molecule has 0 saturated carbocycles. The van der Waals surface area contributed by atoms with Gasteiger partial charge in [-0.1, -0.05) is 35.9 Å². The number of benzene rings is 2. The lowest BCUT2D eigenvalue weighted by Crippen LogP contribution is -2.33. The van der Waals surface area contributed by atoms with Crippen molar-refractivity contribution >= 4 is 29.1 Å². The van der Waals surface area contributed by atoms with E-state index in [2.05, 4.69) is 15.6 Å². The fourth-order valence-electron chi connectivity index (χ4n) is 2.58. The SMILES string of the molecule is NC(C(=O)NCc1cccc(Cl)c1)c1ccc(C(=O)Nc2ccncc2)cc1. The van der Waals surface area contributed by atoms with E-state index in [9.17, 15) is 9.59 Å². The average Bonchev–Trinajstić information content (AvgIpc) is 2.72. The molecule has 1 atom stereocenters. The fraction of sp³-hybridized carbons (Fsp3) is 0.0952. The van der Waals surface area contributed by atoms with Gasteiger partial charge in [0.05, 0.1) is 0 Å². The molecule has 1 heterocycles. The minimum Gasteiger partial charge on any atom is -0.350 e. The van der Waals surface area contributed by atoms with Crippen molar-refractivity contribution in [3.63, 3.8) is 0 Å². The van der Waals surface area contributed by atoms with Gasteiger partial charge in [0.25, 0.3) is 5.91 Å². The van der Waals surface area contributed by atoms with Gasteiger partial charge in [0.1, 0.15) is 6.04 Å². The van der Waals surface area contributed by atoms with E-state index in [1.807, 2.05) is 12.1 Å². The van der Waals surface area contributed by atoms with Gasteiger partial charge in [-0.2, -0.15) is 0 Å². The van der Waals surface area contributed by atoms with Crippen LogP contribution in [0.4, 0.5) is 5.69 Å². The molecule has 0 bridgehead atoms. The molecule has 6 nitrogen and oxygen atoms in total. The molecule has 3 aromatic rings. The standard InChI is InChI=1S/C21H19ClN4O2/c22-17-3-1-2-14(12-17)13-25-21(28)19(23)15-4-6-16(7-5-15)20(27)26-18-8-10-24-11-9-18/h1-12,19H,13,23H2,(H,25,28)(H,24,26,27). The van der Waals surface area contributed by atoms with Crippen LogP contribution in [0.1, 0.15) is 27.5 Å². The van der Waals surface area contributed by atoms with E-state index in [0.717, 1.165) is 5.56 Å². The third kappa shape index (κ3) is 5.16. The first-order valence-electron chi connectivity index (χ1n) is 8.62. The molecule has 4 N–H and O–H groups in total. The highest BCUT2D eigenvalue weighted by molar-refractivity contribution is 6.30. The fourth-order valence-corrected chi connectivity index (χ4v) is 2.79. The average molecular weight is 395 g/mol. The molecule has 28 heavy (non-hydrogen) atoms. The van der Waals surface area contributed by atoms with Crippen LogP contribution in [-0.2, 0) is 11.3 Å². The normalized spacial score (nSPS) is 11.5. The Morgan fingerprint density at radius 1 is 1.04 bits per heavy atom. The van der Waals surface area contributed by atoms with Gasteiger partial charge in [0.2, 0.25) is 5.91 Å². The van der Waals surface area contributed by atoms with E-state index in [4.69, 9.17) is 17.3 Å². The van der Waals surface area contributed by atoms with Crippen molar-refractivity contribution in [2.45, 2.75) is 12.6 Å². The number of hydrogen-bond donors (Lipinski definition) is 3. The summed E-state index contributed by atoms with van der Waals surface area (Å²) in [6.07, 6.45) is 3.19. The highest BCUT2D eigenvalue weighted by atomic mass is 35.5. The quantitative estimate of drug-likeness (QED) is 0.597. The number of carbonyl (C=O) groups excluding carboxylic acids is 2. The first kappa shape index (κ1) is 19.5. The zero-order chi connectivity index (χ0) is 19.9. The minimum atomic E-state index is -0.837. The lowest BCUT2D eigenvalue weighted by Gasteiger charge is -2.13. The second kappa shape index (κ2) is 9.12. The van der Waals surface area contributed by atoms with Crippen molar-refractivity contribution in [2.24, 2.45) is 5.73 Å². The Morgan fingerprint density at radius 2 is 1.75 bits per heavy atom. The molecule has 2 amide bonds. The number of carbonyl (C=O) groups is 2. The van der Waals surface area contributed by atoms with Gasteiger partial charge < -0.3 is 16.4 Å². The van der Waals surface area contributed by atoms with Gasteiger partial charge in [0.15, 0.2) is 0 Å². The zero-order valence-corrected chi connectivity index (χ0v) is 15.7. The number of nitrogens with two attached hydrogens (primary N) is 1. The summed E-state index contributed by atoms with van der Waals surface area (Å²) in [5.74, 6) is -0.564. The Bertz CT molecular complexity index is 962. The lowest BCUT2D eigenvalue weighted by molar-refractivity contribution is -0.122. The van der Waals surface area contributed by atoms with E-state index in [1.54, 1.807) is 60.9 Å². The number of nitrogens with one attached hydrogen (secondary N) is 2. The van der Waals surface area contributed by atoms with Crippen LogP contribution in [0.15, 0.2) is 73.1 Å². The van der Waals surface area contributed by atoms with E-state index < -0.39 is 6.04 Å². The highest BCUT2D eigenvalue weighted by Gasteiger charge is 2.16. The van der Waals surface area contributed by atoms with Crippen LogP contribution >= 0.6 is 11.6 Å². The summed E-state index contributed by atoms with van der Waals surface area (Å²) in [7, 11) is 0. The molecule has 1 aromatic heterocycles. The summed E-state index contributed by atoms with van der Waals surface area (Å²) >= 11 is 5.94. The number of pyridine rings is 1. The third-order valence-corrected chi connectivity index (χ3v) is 4.34. The number of anilines is 1. The smallest absolute Gasteiger partial charge is 0.255 e. The first-order valence-corrected chi connectivity index (χ1v) is 9.00. The molecule has 3 rings (SSSR count). The summed E-state index contributed by atoms with van der Waals surface area (Å²) < 4.78 is 0. The maximum Gasteiger partial charge on any atom is 0.255 e. The summed E-state index contributed by atoms with van der Waals surface area (Å²) in [4.78, 5) is 28.5. The van der Waals surface area contributed by atoms with Crippen molar-refractivity contribution in [2.75, 3.05) is 5.32 Å². The molecule has 0 saturated heterocycles. The monoisotopic (exact) mass is 394 g/mol. The molecule has 0 fully saturated rings. The van der Waals surface area contributed by atoms with E-state index >= 15 is 0 Å². The second-order valence-corrected chi connectivity index (χ2v) is 6.57. The summed E-state index contributed by atoms with van der Waals surface area (Å²) in [5, 5.41) is 6.17. The Morgan fingerprint density at radius 3 is 2.43 bits per heavy atom. The number of nitrogens with zero attached hydrogens (tertiary/aromatic N) is 1. The summed E-state index contributed by atoms with van der Waals surface area (Å²) in [6.45, 7) is 0.333. The number of hydrogen-bond acceptors (Lipinski definition) is 4. The Balaban J connectivity index is 1.58. The van der Waals surface area contributed by atoms with Gasteiger partial charge in [-0.25, -0.2) is 0 Å². The molecule has 142 valence electrons. The van der Waals surface area contributed by atoms with Crippen LogP contribution in [-0.4, -0.2) is 16.8 Å². The molecule has 2 aromatic carbocycles. The van der Waals surface area contributed by atoms with Crippen LogP contribution in [0.2, 0.25) is 5.02 Å². The molecular formula is C21H19ClN4O2. The lowest BCUT2D eigenvalue weighted by atomic mass is 10.0. The number of halogens is 1. The van der Waals surface area contributed by atoms with E-state index in [-0.39, 0.29) is 11.8 Å². The molecule has 0 aliphatic rings. The number of amides is 2. The maximum atomic E-state index is 12.3. The summed E-state index contributed by atoms with van der Waals surface area (Å²) in [6, 6.07) is 16.4. The van der Waals surface area contributed by atoms with Gasteiger partial charge >= 0.3 is 0 Å². The van der Waals surface area contributed by atoms with Gasteiger partial charge in [-0.3, -0.25) is 14.6 Å². The molecule has 0 aliphatic heterocycles. The van der Waals surface area contributed by atoms with E-state index in [0.29, 0.717) is 28.4 Å². The van der Waals surface area contributed by atoms with Gasteiger partial charge in [0, 0.05) is 35.2 Å². The van der Waals surface area contributed by atoms with Crippen LogP contribution in [0.25, 0.3) is 0 Å². The molecule has 7 heteroatoms. The van der Waals surface area contributed by atoms with Crippen molar-refractivity contribution in [3.05, 3.63) is 94.8 Å². The predicted octanol–water partition coefficient (Wildman–Crippen LogP) is 3.30. The number of aromatic nitrogens is 1. The van der Waals surface area contributed by atoms with Crippen LogP contribution in [0.5, 0.6) is 0 Å². The van der Waals surface area contributed by atoms with Crippen molar-refractivity contribution in [1.29, 1.82) is 0 Å².